The van der Waals surface area contributed by atoms with Crippen molar-refractivity contribution in [2.45, 2.75) is 53.0 Å². The average molecular weight is 353 g/mol. The zero-order valence-electron chi connectivity index (χ0n) is 15.9. The standard InChI is InChI=1S/C21H27N3O2/c1-12(19(22)25)23-20(26)18-14-7-5-6-8-16(14)24-17-10-9-13(11-15(17)18)21(2,3)4/h5-8,12-13H,9-11H2,1-4H3,(H2,22,25)(H,23,26)/t12-,13-/m0/s1. The monoisotopic (exact) mass is 353 g/mol. The van der Waals surface area contributed by atoms with Gasteiger partial charge in [-0.05, 0) is 49.1 Å². The van der Waals surface area contributed by atoms with Crippen molar-refractivity contribution < 1.29 is 9.59 Å². The molecule has 5 nitrogen and oxygen atoms in total. The lowest BCUT2D eigenvalue weighted by atomic mass is 9.70. The molecule has 2 aromatic rings. The van der Waals surface area contributed by atoms with Crippen LogP contribution in [0.1, 0.15) is 55.7 Å². The van der Waals surface area contributed by atoms with Gasteiger partial charge in [0.1, 0.15) is 6.04 Å². The van der Waals surface area contributed by atoms with Gasteiger partial charge in [0.25, 0.3) is 5.91 Å². The molecule has 0 saturated heterocycles. The van der Waals surface area contributed by atoms with E-state index in [-0.39, 0.29) is 11.3 Å². The predicted octanol–water partition coefficient (Wildman–Crippen LogP) is 2.99. The number of primary amides is 1. The molecule has 1 aliphatic carbocycles. The number of nitrogens with zero attached hydrogens (tertiary/aromatic N) is 1. The Labute approximate surface area is 154 Å². The number of benzene rings is 1. The maximum absolute atomic E-state index is 13.1. The number of pyridine rings is 1. The maximum atomic E-state index is 13.1. The van der Waals surface area contributed by atoms with Crippen molar-refractivity contribution >= 4 is 22.7 Å². The zero-order valence-corrected chi connectivity index (χ0v) is 15.9. The Morgan fingerprint density at radius 2 is 1.96 bits per heavy atom. The van der Waals surface area contributed by atoms with Crippen molar-refractivity contribution in [3.63, 3.8) is 0 Å². The number of carbonyl (C=O) groups is 2. The number of hydrogen-bond acceptors (Lipinski definition) is 3. The second-order valence-corrected chi connectivity index (χ2v) is 8.33. The number of nitrogens with one attached hydrogen (secondary N) is 1. The third-order valence-corrected chi connectivity index (χ3v) is 5.49. The molecule has 3 N–H and O–H groups in total. The first-order chi connectivity index (χ1) is 12.2. The molecule has 1 heterocycles. The number of fused-ring (bicyclic) bond motifs is 2. The molecule has 26 heavy (non-hydrogen) atoms. The van der Waals surface area contributed by atoms with E-state index in [4.69, 9.17) is 10.7 Å². The van der Waals surface area contributed by atoms with E-state index < -0.39 is 11.9 Å². The summed E-state index contributed by atoms with van der Waals surface area (Å²) in [5, 5.41) is 3.58. The molecule has 138 valence electrons. The van der Waals surface area contributed by atoms with Crippen molar-refractivity contribution in [3.8, 4) is 0 Å². The molecule has 2 amide bonds. The summed E-state index contributed by atoms with van der Waals surface area (Å²) in [6.45, 7) is 8.33. The Bertz CT molecular complexity index is 867. The van der Waals surface area contributed by atoms with Crippen LogP contribution in [-0.4, -0.2) is 22.8 Å². The lowest BCUT2D eigenvalue weighted by Crippen LogP contribution is -2.43. The molecule has 3 rings (SSSR count). The highest BCUT2D eigenvalue weighted by atomic mass is 16.2. The number of aryl methyl sites for hydroxylation is 1. The number of rotatable bonds is 3. The largest absolute Gasteiger partial charge is 0.368 e. The molecule has 0 unspecified atom stereocenters. The molecular formula is C21H27N3O2. The lowest BCUT2D eigenvalue weighted by Gasteiger charge is -2.35. The normalized spacial score (nSPS) is 18.2. The fourth-order valence-corrected chi connectivity index (χ4v) is 3.73. The van der Waals surface area contributed by atoms with E-state index in [9.17, 15) is 9.59 Å². The smallest absolute Gasteiger partial charge is 0.252 e. The van der Waals surface area contributed by atoms with Gasteiger partial charge < -0.3 is 11.1 Å². The first-order valence-corrected chi connectivity index (χ1v) is 9.19. The van der Waals surface area contributed by atoms with Crippen LogP contribution in [0.25, 0.3) is 10.9 Å². The van der Waals surface area contributed by atoms with Crippen LogP contribution in [-0.2, 0) is 17.6 Å². The van der Waals surface area contributed by atoms with Gasteiger partial charge in [-0.15, -0.1) is 0 Å². The number of carbonyl (C=O) groups excluding carboxylic acids is 2. The van der Waals surface area contributed by atoms with Gasteiger partial charge in [0.15, 0.2) is 0 Å². The highest BCUT2D eigenvalue weighted by molar-refractivity contribution is 6.08. The van der Waals surface area contributed by atoms with Crippen LogP contribution >= 0.6 is 0 Å². The number of amides is 2. The predicted molar refractivity (Wildman–Crippen MR) is 103 cm³/mol. The molecule has 1 aromatic carbocycles. The first-order valence-electron chi connectivity index (χ1n) is 9.19. The second-order valence-electron chi connectivity index (χ2n) is 8.33. The minimum atomic E-state index is -0.716. The SMILES string of the molecule is C[C@H](NC(=O)c1c2c(nc3ccccc13)CC[C@H](C(C)(C)C)C2)C(N)=O. The number of aromatic nitrogens is 1. The minimum Gasteiger partial charge on any atom is -0.368 e. The number of nitrogens with two attached hydrogens (primary N) is 1. The molecular weight excluding hydrogens is 326 g/mol. The van der Waals surface area contributed by atoms with Crippen molar-refractivity contribution in [3.05, 3.63) is 41.1 Å². The van der Waals surface area contributed by atoms with E-state index in [1.807, 2.05) is 24.3 Å². The summed E-state index contributed by atoms with van der Waals surface area (Å²) in [7, 11) is 0. The van der Waals surface area contributed by atoms with E-state index in [0.29, 0.717) is 11.5 Å². The fourth-order valence-electron chi connectivity index (χ4n) is 3.73. The van der Waals surface area contributed by atoms with Gasteiger partial charge in [0, 0.05) is 11.1 Å². The van der Waals surface area contributed by atoms with E-state index in [1.165, 1.54) is 0 Å². The summed E-state index contributed by atoms with van der Waals surface area (Å²) < 4.78 is 0. The van der Waals surface area contributed by atoms with E-state index in [0.717, 1.165) is 41.4 Å². The van der Waals surface area contributed by atoms with Gasteiger partial charge in [0.2, 0.25) is 5.91 Å². The van der Waals surface area contributed by atoms with Crippen molar-refractivity contribution in [1.82, 2.24) is 10.3 Å². The average Bonchev–Trinajstić information content (AvgIpc) is 2.57. The summed E-state index contributed by atoms with van der Waals surface area (Å²) in [5.41, 5.74) is 8.97. The second kappa shape index (κ2) is 6.71. The molecule has 2 atom stereocenters. The molecule has 1 aliphatic rings. The third kappa shape index (κ3) is 3.43. The molecule has 0 spiro atoms. The van der Waals surface area contributed by atoms with Crippen LogP contribution < -0.4 is 11.1 Å². The first kappa shape index (κ1) is 18.4. The highest BCUT2D eigenvalue weighted by Crippen LogP contribution is 2.39. The molecule has 1 aromatic heterocycles. The maximum Gasteiger partial charge on any atom is 0.252 e. The zero-order chi connectivity index (χ0) is 19.1. The van der Waals surface area contributed by atoms with Crippen LogP contribution in [0.5, 0.6) is 0 Å². The summed E-state index contributed by atoms with van der Waals surface area (Å²) in [4.78, 5) is 29.3. The van der Waals surface area contributed by atoms with Gasteiger partial charge in [-0.25, -0.2) is 0 Å². The topological polar surface area (TPSA) is 85.1 Å². The van der Waals surface area contributed by atoms with Crippen molar-refractivity contribution in [2.24, 2.45) is 17.1 Å². The van der Waals surface area contributed by atoms with Crippen LogP contribution in [0, 0.1) is 11.3 Å². The van der Waals surface area contributed by atoms with Gasteiger partial charge >= 0.3 is 0 Å². The molecule has 5 heteroatoms. The fraction of sp³-hybridized carbons (Fsp3) is 0.476. The van der Waals surface area contributed by atoms with Crippen LogP contribution in [0.3, 0.4) is 0 Å². The summed E-state index contributed by atoms with van der Waals surface area (Å²) >= 11 is 0. The Balaban J connectivity index is 2.13. The Hall–Kier alpha value is -2.43. The quantitative estimate of drug-likeness (QED) is 0.889. The summed E-state index contributed by atoms with van der Waals surface area (Å²) in [6, 6.07) is 6.98. The van der Waals surface area contributed by atoms with E-state index in [2.05, 4.69) is 26.1 Å². The molecule has 0 bridgehead atoms. The minimum absolute atomic E-state index is 0.164. The lowest BCUT2D eigenvalue weighted by molar-refractivity contribution is -0.119. The van der Waals surface area contributed by atoms with E-state index in [1.54, 1.807) is 6.92 Å². The Kier molecular flexibility index (Phi) is 4.74. The molecule has 0 saturated carbocycles. The van der Waals surface area contributed by atoms with Crippen molar-refractivity contribution in [2.75, 3.05) is 0 Å². The van der Waals surface area contributed by atoms with Crippen LogP contribution in [0.4, 0.5) is 0 Å². The molecule has 0 radical (unpaired) electrons. The molecule has 0 fully saturated rings. The number of para-hydroxylation sites is 1. The summed E-state index contributed by atoms with van der Waals surface area (Å²) in [6.07, 6.45) is 2.76. The van der Waals surface area contributed by atoms with Gasteiger partial charge in [-0.3, -0.25) is 14.6 Å². The van der Waals surface area contributed by atoms with Crippen molar-refractivity contribution in [1.29, 1.82) is 0 Å². The van der Waals surface area contributed by atoms with Gasteiger partial charge in [-0.2, -0.15) is 0 Å². The Morgan fingerprint density at radius 3 is 2.62 bits per heavy atom. The third-order valence-electron chi connectivity index (χ3n) is 5.49. The highest BCUT2D eigenvalue weighted by Gasteiger charge is 2.33. The number of hydrogen-bond donors (Lipinski definition) is 2. The molecule has 0 aliphatic heterocycles. The Morgan fingerprint density at radius 1 is 1.27 bits per heavy atom. The summed E-state index contributed by atoms with van der Waals surface area (Å²) in [5.74, 6) is -0.308. The van der Waals surface area contributed by atoms with E-state index >= 15 is 0 Å². The van der Waals surface area contributed by atoms with Gasteiger partial charge in [0.05, 0.1) is 11.1 Å². The van der Waals surface area contributed by atoms with Crippen LogP contribution in [0.2, 0.25) is 0 Å². The van der Waals surface area contributed by atoms with Crippen LogP contribution in [0.15, 0.2) is 24.3 Å². The van der Waals surface area contributed by atoms with Gasteiger partial charge in [-0.1, -0.05) is 39.0 Å².